The fraction of sp³-hybridized carbons (Fsp3) is 0.0909. The van der Waals surface area contributed by atoms with Crippen LogP contribution >= 0.6 is 11.6 Å². The number of benzene rings is 1. The molecule has 0 radical (unpaired) electrons. The average molecular weight is 221 g/mol. The molecule has 3 nitrogen and oxygen atoms in total. The number of hydrogen-bond acceptors (Lipinski definition) is 3. The van der Waals surface area contributed by atoms with E-state index in [0.717, 1.165) is 16.5 Å². The molecule has 0 unspecified atom stereocenters. The van der Waals surface area contributed by atoms with E-state index in [1.807, 2.05) is 31.2 Å². The van der Waals surface area contributed by atoms with Crippen LogP contribution in [-0.4, -0.2) is 16.4 Å². The first kappa shape index (κ1) is 9.93. The molecule has 0 aliphatic rings. The summed E-state index contributed by atoms with van der Waals surface area (Å²) in [5.41, 5.74) is 2.58. The molecule has 0 amide bonds. The van der Waals surface area contributed by atoms with Crippen LogP contribution in [0.1, 0.15) is 11.1 Å². The number of hydrogen-bond donors (Lipinski definition) is 1. The van der Waals surface area contributed by atoms with Gasteiger partial charge in [0.2, 0.25) is 0 Å². The molecule has 2 aromatic rings. The van der Waals surface area contributed by atoms with E-state index in [9.17, 15) is 0 Å². The summed E-state index contributed by atoms with van der Waals surface area (Å²) in [7, 11) is 0. The first-order valence-electron chi connectivity index (χ1n) is 4.45. The zero-order valence-corrected chi connectivity index (χ0v) is 8.86. The smallest absolute Gasteiger partial charge is 0.138 e. The Morgan fingerprint density at radius 1 is 1.40 bits per heavy atom. The summed E-state index contributed by atoms with van der Waals surface area (Å²) >= 11 is 5.92. The summed E-state index contributed by atoms with van der Waals surface area (Å²) in [6.45, 7) is 2.00. The van der Waals surface area contributed by atoms with Gasteiger partial charge in [0.25, 0.3) is 0 Å². The van der Waals surface area contributed by atoms with Crippen LogP contribution in [0, 0.1) is 6.92 Å². The van der Waals surface area contributed by atoms with Crippen LogP contribution in [0.15, 0.2) is 29.4 Å². The largest absolute Gasteiger partial charge is 0.411 e. The van der Waals surface area contributed by atoms with Crippen LogP contribution < -0.4 is 0 Å². The van der Waals surface area contributed by atoms with Crippen molar-refractivity contribution in [1.82, 2.24) is 4.98 Å². The maximum atomic E-state index is 8.44. The van der Waals surface area contributed by atoms with E-state index >= 15 is 0 Å². The van der Waals surface area contributed by atoms with E-state index in [1.165, 1.54) is 6.21 Å². The second-order valence-electron chi connectivity index (χ2n) is 3.31. The minimum absolute atomic E-state index is 0.339. The van der Waals surface area contributed by atoms with Crippen molar-refractivity contribution < 1.29 is 5.21 Å². The SMILES string of the molecule is Cc1ccc2cc(C=NO)c(Cl)nc2c1. The number of halogens is 1. The Labute approximate surface area is 92.0 Å². The molecule has 2 rings (SSSR count). The summed E-state index contributed by atoms with van der Waals surface area (Å²) < 4.78 is 0. The molecule has 0 spiro atoms. The van der Waals surface area contributed by atoms with Crippen molar-refractivity contribution >= 4 is 28.7 Å². The predicted molar refractivity (Wildman–Crippen MR) is 60.9 cm³/mol. The van der Waals surface area contributed by atoms with Crippen molar-refractivity contribution in [2.45, 2.75) is 6.92 Å². The van der Waals surface area contributed by atoms with Crippen molar-refractivity contribution in [2.75, 3.05) is 0 Å². The average Bonchev–Trinajstić information content (AvgIpc) is 2.20. The molecule has 0 saturated heterocycles. The summed E-state index contributed by atoms with van der Waals surface area (Å²) in [6.07, 6.45) is 1.27. The lowest BCUT2D eigenvalue weighted by Gasteiger charge is -2.02. The van der Waals surface area contributed by atoms with Gasteiger partial charge in [0.05, 0.1) is 11.7 Å². The second kappa shape index (κ2) is 3.87. The molecule has 0 bridgehead atoms. The zero-order chi connectivity index (χ0) is 10.8. The van der Waals surface area contributed by atoms with E-state index in [0.29, 0.717) is 10.7 Å². The number of oxime groups is 1. The Kier molecular flexibility index (Phi) is 2.56. The van der Waals surface area contributed by atoms with E-state index in [2.05, 4.69) is 10.1 Å². The number of fused-ring (bicyclic) bond motifs is 1. The van der Waals surface area contributed by atoms with Crippen LogP contribution in [0.25, 0.3) is 10.9 Å². The standard InChI is InChI=1S/C11H9ClN2O/c1-7-2-3-8-5-9(6-13-15)11(12)14-10(8)4-7/h2-6,15H,1H3. The summed E-state index contributed by atoms with van der Waals surface area (Å²) in [5.74, 6) is 0. The van der Waals surface area contributed by atoms with Gasteiger partial charge in [-0.3, -0.25) is 0 Å². The van der Waals surface area contributed by atoms with E-state index < -0.39 is 0 Å². The minimum atomic E-state index is 0.339. The first-order chi connectivity index (χ1) is 7.20. The Morgan fingerprint density at radius 3 is 2.93 bits per heavy atom. The van der Waals surface area contributed by atoms with Crippen molar-refractivity contribution in [3.63, 3.8) is 0 Å². The summed E-state index contributed by atoms with van der Waals surface area (Å²) in [5, 5.41) is 12.7. The van der Waals surface area contributed by atoms with Crippen LogP contribution in [0.3, 0.4) is 0 Å². The molecule has 0 saturated carbocycles. The van der Waals surface area contributed by atoms with Gasteiger partial charge in [-0.25, -0.2) is 4.98 Å². The van der Waals surface area contributed by atoms with Crippen LogP contribution in [-0.2, 0) is 0 Å². The van der Waals surface area contributed by atoms with Gasteiger partial charge in [0.1, 0.15) is 5.15 Å². The quantitative estimate of drug-likeness (QED) is 0.348. The van der Waals surface area contributed by atoms with Crippen LogP contribution in [0.4, 0.5) is 0 Å². The lowest BCUT2D eigenvalue weighted by Crippen LogP contribution is -1.89. The maximum Gasteiger partial charge on any atom is 0.138 e. The summed E-state index contributed by atoms with van der Waals surface area (Å²) in [6, 6.07) is 7.76. The van der Waals surface area contributed by atoms with Gasteiger partial charge in [-0.05, 0) is 24.6 Å². The van der Waals surface area contributed by atoms with Crippen molar-refractivity contribution in [1.29, 1.82) is 0 Å². The van der Waals surface area contributed by atoms with E-state index in [1.54, 1.807) is 0 Å². The highest BCUT2D eigenvalue weighted by atomic mass is 35.5. The summed E-state index contributed by atoms with van der Waals surface area (Å²) in [4.78, 5) is 4.22. The normalized spacial score (nSPS) is 11.3. The Morgan fingerprint density at radius 2 is 2.20 bits per heavy atom. The predicted octanol–water partition coefficient (Wildman–Crippen LogP) is 3.00. The Bertz CT molecular complexity index is 537. The minimum Gasteiger partial charge on any atom is -0.411 e. The second-order valence-corrected chi connectivity index (χ2v) is 3.67. The van der Waals surface area contributed by atoms with Crippen molar-refractivity contribution in [3.05, 3.63) is 40.5 Å². The fourth-order valence-corrected chi connectivity index (χ4v) is 1.62. The maximum absolute atomic E-state index is 8.44. The van der Waals surface area contributed by atoms with E-state index in [4.69, 9.17) is 16.8 Å². The lowest BCUT2D eigenvalue weighted by molar-refractivity contribution is 0.322. The molecule has 0 atom stereocenters. The highest BCUT2D eigenvalue weighted by Gasteiger charge is 2.03. The number of aromatic nitrogens is 1. The van der Waals surface area contributed by atoms with Gasteiger partial charge in [-0.2, -0.15) is 0 Å². The van der Waals surface area contributed by atoms with Crippen molar-refractivity contribution in [3.8, 4) is 0 Å². The molecule has 4 heteroatoms. The molecule has 1 aromatic heterocycles. The van der Waals surface area contributed by atoms with Gasteiger partial charge >= 0.3 is 0 Å². The Balaban J connectivity index is 2.70. The Hall–Kier alpha value is -1.61. The van der Waals surface area contributed by atoms with Crippen LogP contribution in [0.5, 0.6) is 0 Å². The van der Waals surface area contributed by atoms with E-state index in [-0.39, 0.29) is 0 Å². The fourth-order valence-electron chi connectivity index (χ4n) is 1.42. The molecule has 1 N–H and O–H groups in total. The molecule has 15 heavy (non-hydrogen) atoms. The van der Waals surface area contributed by atoms with Crippen LogP contribution in [0.2, 0.25) is 5.15 Å². The van der Waals surface area contributed by atoms with Gasteiger partial charge in [-0.1, -0.05) is 28.9 Å². The number of nitrogens with zero attached hydrogens (tertiary/aromatic N) is 2. The number of rotatable bonds is 1. The van der Waals surface area contributed by atoms with Gasteiger partial charge in [0, 0.05) is 10.9 Å². The molecular formula is C11H9ClN2O. The first-order valence-corrected chi connectivity index (χ1v) is 4.83. The van der Waals surface area contributed by atoms with Gasteiger partial charge in [0.15, 0.2) is 0 Å². The zero-order valence-electron chi connectivity index (χ0n) is 8.11. The number of aryl methyl sites for hydroxylation is 1. The lowest BCUT2D eigenvalue weighted by atomic mass is 10.1. The third-order valence-electron chi connectivity index (χ3n) is 2.15. The molecule has 0 aliphatic heterocycles. The molecular weight excluding hydrogens is 212 g/mol. The molecule has 0 aliphatic carbocycles. The highest BCUT2D eigenvalue weighted by molar-refractivity contribution is 6.32. The number of pyridine rings is 1. The monoisotopic (exact) mass is 220 g/mol. The van der Waals surface area contributed by atoms with Gasteiger partial charge in [-0.15, -0.1) is 0 Å². The highest BCUT2D eigenvalue weighted by Crippen LogP contribution is 2.20. The van der Waals surface area contributed by atoms with Crippen molar-refractivity contribution in [2.24, 2.45) is 5.16 Å². The third kappa shape index (κ3) is 1.92. The molecule has 76 valence electrons. The topological polar surface area (TPSA) is 45.5 Å². The van der Waals surface area contributed by atoms with Gasteiger partial charge < -0.3 is 5.21 Å². The molecule has 0 fully saturated rings. The third-order valence-corrected chi connectivity index (χ3v) is 2.45. The molecule has 1 aromatic carbocycles. The molecule has 1 heterocycles.